The maximum atomic E-state index is 12.7. The van der Waals surface area contributed by atoms with Gasteiger partial charge in [0, 0.05) is 18.2 Å². The van der Waals surface area contributed by atoms with Crippen LogP contribution in [0.2, 0.25) is 0 Å². The quantitative estimate of drug-likeness (QED) is 0.867. The molecule has 0 bridgehead atoms. The molecule has 98 valence electrons. The molecule has 0 aliphatic heterocycles. The normalized spacial score (nSPS) is 23.7. The number of hydrogen-bond donors (Lipinski definition) is 2. The van der Waals surface area contributed by atoms with Crippen molar-refractivity contribution < 1.29 is 14.3 Å². The molecule has 1 amide bonds. The zero-order chi connectivity index (χ0) is 13.0. The van der Waals surface area contributed by atoms with E-state index in [9.17, 15) is 14.3 Å². The number of rotatable bonds is 3. The van der Waals surface area contributed by atoms with Crippen molar-refractivity contribution in [1.29, 1.82) is 0 Å². The number of amides is 1. The van der Waals surface area contributed by atoms with Crippen LogP contribution in [-0.4, -0.2) is 17.6 Å². The van der Waals surface area contributed by atoms with E-state index in [2.05, 4.69) is 5.32 Å². The summed E-state index contributed by atoms with van der Waals surface area (Å²) < 4.78 is 12.7. The van der Waals surface area contributed by atoms with Crippen LogP contribution in [0.4, 0.5) is 10.1 Å². The van der Waals surface area contributed by atoms with Gasteiger partial charge in [-0.15, -0.1) is 0 Å². The molecule has 2 atom stereocenters. The number of carbonyl (C=O) groups excluding carboxylic acids is 1. The van der Waals surface area contributed by atoms with Crippen molar-refractivity contribution in [2.24, 2.45) is 11.8 Å². The summed E-state index contributed by atoms with van der Waals surface area (Å²) in [5.41, 5.74) is 0.601. The summed E-state index contributed by atoms with van der Waals surface area (Å²) in [6.45, 7) is 0.0570. The van der Waals surface area contributed by atoms with Crippen LogP contribution in [0.3, 0.4) is 0 Å². The molecule has 2 N–H and O–H groups in total. The lowest BCUT2D eigenvalue weighted by Gasteiger charge is -2.29. The fourth-order valence-electron chi connectivity index (χ4n) is 2.54. The summed E-state index contributed by atoms with van der Waals surface area (Å²) in [7, 11) is 0. The topological polar surface area (TPSA) is 49.3 Å². The van der Waals surface area contributed by atoms with Crippen molar-refractivity contribution in [1.82, 2.24) is 0 Å². The van der Waals surface area contributed by atoms with Gasteiger partial charge in [0.1, 0.15) is 5.82 Å². The van der Waals surface area contributed by atoms with Gasteiger partial charge in [-0.1, -0.05) is 12.8 Å². The van der Waals surface area contributed by atoms with E-state index in [1.54, 1.807) is 12.1 Å². The molecule has 4 heteroatoms. The summed E-state index contributed by atoms with van der Waals surface area (Å²) in [5, 5.41) is 12.1. The third-order valence-electron chi connectivity index (χ3n) is 3.59. The highest BCUT2D eigenvalue weighted by Gasteiger charge is 2.30. The third-order valence-corrected chi connectivity index (χ3v) is 3.59. The smallest absolute Gasteiger partial charge is 0.227 e. The second kappa shape index (κ2) is 5.96. The lowest BCUT2D eigenvalue weighted by atomic mass is 9.79. The number of halogens is 1. The van der Waals surface area contributed by atoms with Gasteiger partial charge in [-0.05, 0) is 43.0 Å². The molecule has 1 fully saturated rings. The van der Waals surface area contributed by atoms with Crippen molar-refractivity contribution >= 4 is 11.6 Å². The van der Waals surface area contributed by atoms with E-state index in [-0.39, 0.29) is 30.2 Å². The molecule has 0 radical (unpaired) electrons. The molecule has 2 unspecified atom stereocenters. The van der Waals surface area contributed by atoms with Gasteiger partial charge in [0.15, 0.2) is 0 Å². The van der Waals surface area contributed by atoms with Gasteiger partial charge >= 0.3 is 0 Å². The Hall–Kier alpha value is -1.42. The summed E-state index contributed by atoms with van der Waals surface area (Å²) >= 11 is 0. The molecule has 0 aromatic heterocycles. The predicted octanol–water partition coefficient (Wildman–Crippen LogP) is 2.56. The van der Waals surface area contributed by atoms with Gasteiger partial charge in [-0.3, -0.25) is 4.79 Å². The van der Waals surface area contributed by atoms with E-state index in [4.69, 9.17) is 0 Å². The minimum atomic E-state index is -0.320. The first-order valence-corrected chi connectivity index (χ1v) is 6.38. The van der Waals surface area contributed by atoms with Crippen LogP contribution < -0.4 is 5.32 Å². The van der Waals surface area contributed by atoms with Crippen molar-refractivity contribution in [2.45, 2.75) is 25.7 Å². The first-order valence-electron chi connectivity index (χ1n) is 6.38. The summed E-state index contributed by atoms with van der Waals surface area (Å²) in [5.74, 6) is -0.466. The van der Waals surface area contributed by atoms with Crippen molar-refractivity contribution in [3.63, 3.8) is 0 Å². The first kappa shape index (κ1) is 13.0. The van der Waals surface area contributed by atoms with E-state index in [0.717, 1.165) is 25.7 Å². The largest absolute Gasteiger partial charge is 0.396 e. The molecule has 1 aliphatic carbocycles. The molecule has 18 heavy (non-hydrogen) atoms. The molecular formula is C14H18FNO2. The standard InChI is InChI=1S/C14H18FNO2/c15-11-5-7-12(8-6-11)16-14(18)13-4-2-1-3-10(13)9-17/h5-8,10,13,17H,1-4,9H2,(H,16,18). The average Bonchev–Trinajstić information content (AvgIpc) is 2.41. The molecule has 3 nitrogen and oxygen atoms in total. The third kappa shape index (κ3) is 3.07. The number of hydrogen-bond acceptors (Lipinski definition) is 2. The second-order valence-electron chi connectivity index (χ2n) is 4.83. The van der Waals surface area contributed by atoms with Gasteiger partial charge in [0.25, 0.3) is 0 Å². The second-order valence-corrected chi connectivity index (χ2v) is 4.83. The number of carbonyl (C=O) groups is 1. The number of benzene rings is 1. The Morgan fingerprint density at radius 2 is 1.94 bits per heavy atom. The van der Waals surface area contributed by atoms with Crippen molar-refractivity contribution in [3.05, 3.63) is 30.1 Å². The lowest BCUT2D eigenvalue weighted by Crippen LogP contribution is -2.33. The van der Waals surface area contributed by atoms with Gasteiger partial charge in [0.2, 0.25) is 5.91 Å². The van der Waals surface area contributed by atoms with Gasteiger partial charge in [-0.25, -0.2) is 4.39 Å². The highest BCUT2D eigenvalue weighted by molar-refractivity contribution is 5.92. The van der Waals surface area contributed by atoms with E-state index in [1.165, 1.54) is 12.1 Å². The fraction of sp³-hybridized carbons (Fsp3) is 0.500. The summed E-state index contributed by atoms with van der Waals surface area (Å²) in [6.07, 6.45) is 3.82. The highest BCUT2D eigenvalue weighted by atomic mass is 19.1. The molecule has 2 rings (SSSR count). The highest BCUT2D eigenvalue weighted by Crippen LogP contribution is 2.30. The van der Waals surface area contributed by atoms with E-state index < -0.39 is 0 Å². The minimum Gasteiger partial charge on any atom is -0.396 e. The zero-order valence-electron chi connectivity index (χ0n) is 10.2. The zero-order valence-corrected chi connectivity index (χ0v) is 10.2. The van der Waals surface area contributed by atoms with E-state index >= 15 is 0 Å². The molecular weight excluding hydrogens is 233 g/mol. The van der Waals surface area contributed by atoms with Crippen LogP contribution in [0.25, 0.3) is 0 Å². The predicted molar refractivity (Wildman–Crippen MR) is 67.6 cm³/mol. The van der Waals surface area contributed by atoms with Gasteiger partial charge < -0.3 is 10.4 Å². The number of aliphatic hydroxyl groups is 1. The Morgan fingerprint density at radius 3 is 2.61 bits per heavy atom. The van der Waals surface area contributed by atoms with Crippen LogP contribution >= 0.6 is 0 Å². The van der Waals surface area contributed by atoms with Crippen LogP contribution in [0.1, 0.15) is 25.7 Å². The Morgan fingerprint density at radius 1 is 1.28 bits per heavy atom. The minimum absolute atomic E-state index is 0.0548. The van der Waals surface area contributed by atoms with E-state index in [0.29, 0.717) is 5.69 Å². The molecule has 0 heterocycles. The molecule has 1 aliphatic rings. The maximum absolute atomic E-state index is 12.7. The van der Waals surface area contributed by atoms with Crippen LogP contribution in [0.15, 0.2) is 24.3 Å². The molecule has 0 spiro atoms. The average molecular weight is 251 g/mol. The van der Waals surface area contributed by atoms with Crippen molar-refractivity contribution in [3.8, 4) is 0 Å². The number of anilines is 1. The number of aliphatic hydroxyl groups excluding tert-OH is 1. The maximum Gasteiger partial charge on any atom is 0.227 e. The number of nitrogens with one attached hydrogen (secondary N) is 1. The van der Waals surface area contributed by atoms with Crippen molar-refractivity contribution in [2.75, 3.05) is 11.9 Å². The molecule has 1 saturated carbocycles. The van der Waals surface area contributed by atoms with Crippen LogP contribution in [0.5, 0.6) is 0 Å². The fourth-order valence-corrected chi connectivity index (χ4v) is 2.54. The molecule has 1 aromatic rings. The summed E-state index contributed by atoms with van der Waals surface area (Å²) in [4.78, 5) is 12.1. The molecule has 0 saturated heterocycles. The Bertz CT molecular complexity index is 405. The lowest BCUT2D eigenvalue weighted by molar-refractivity contribution is -0.123. The Balaban J connectivity index is 2.00. The first-order chi connectivity index (χ1) is 8.70. The molecule has 1 aromatic carbocycles. The monoisotopic (exact) mass is 251 g/mol. The van der Waals surface area contributed by atoms with Crippen LogP contribution in [0, 0.1) is 17.7 Å². The summed E-state index contributed by atoms with van der Waals surface area (Å²) in [6, 6.07) is 5.73. The van der Waals surface area contributed by atoms with Gasteiger partial charge in [-0.2, -0.15) is 0 Å². The SMILES string of the molecule is O=C(Nc1ccc(F)cc1)C1CCCCC1CO. The van der Waals surface area contributed by atoms with Crippen LogP contribution in [-0.2, 0) is 4.79 Å². The Labute approximate surface area is 106 Å². The Kier molecular flexibility index (Phi) is 4.31. The van der Waals surface area contributed by atoms with Gasteiger partial charge in [0.05, 0.1) is 0 Å². The van der Waals surface area contributed by atoms with E-state index in [1.807, 2.05) is 0 Å².